The molecule has 10 nitrogen and oxygen atoms in total. The number of rotatable bonds is 13. The Morgan fingerprint density at radius 1 is 0.875 bits per heavy atom. The maximum atomic E-state index is 14.0. The van der Waals surface area contributed by atoms with Crippen molar-refractivity contribution in [3.63, 3.8) is 0 Å². The highest BCUT2D eigenvalue weighted by Crippen LogP contribution is 2.37. The molecule has 2 saturated heterocycles. The number of nitrogens with one attached hydrogen (secondary N) is 3. The zero-order chi connectivity index (χ0) is 40.5. The van der Waals surface area contributed by atoms with E-state index in [9.17, 15) is 24.0 Å². The second-order valence-electron chi connectivity index (χ2n) is 16.3. The van der Waals surface area contributed by atoms with Crippen LogP contribution in [-0.2, 0) is 34.8 Å². The van der Waals surface area contributed by atoms with Gasteiger partial charge >= 0.3 is 0 Å². The molecule has 0 aromatic heterocycles. The van der Waals surface area contributed by atoms with Gasteiger partial charge in [0.1, 0.15) is 29.8 Å². The molecular weight excluding hydrogens is 721 g/mol. The number of hydrogen-bond donors (Lipinski definition) is 3. The molecule has 0 aliphatic carbocycles. The van der Waals surface area contributed by atoms with Crippen LogP contribution in [0.1, 0.15) is 85.6 Å². The number of benzene rings is 3. The number of fused-ring (bicyclic) bond motifs is 1. The van der Waals surface area contributed by atoms with Crippen LogP contribution in [0.5, 0.6) is 0 Å². The smallest absolute Gasteiger partial charge is 0.262 e. The summed E-state index contributed by atoms with van der Waals surface area (Å²) < 4.78 is 6.99. The largest absolute Gasteiger partial charge is 0.398 e. The molecular formula is C45H58N4O6Si. The van der Waals surface area contributed by atoms with E-state index in [1.807, 2.05) is 79.7 Å². The second-order valence-corrected chi connectivity index (χ2v) is 20.5. The number of carbonyl (C=O) groups is 5. The molecule has 2 fully saturated rings. The molecule has 0 radical (unpaired) electrons. The van der Waals surface area contributed by atoms with Gasteiger partial charge in [0.2, 0.25) is 23.6 Å². The Morgan fingerprint density at radius 3 is 2.04 bits per heavy atom. The summed E-state index contributed by atoms with van der Waals surface area (Å²) >= 11 is 0. The summed E-state index contributed by atoms with van der Waals surface area (Å²) in [6, 6.07) is 27.2. The Balaban J connectivity index is 1.28. The molecule has 2 heterocycles. The predicted octanol–water partition coefficient (Wildman–Crippen LogP) is 4.75. The molecule has 3 N–H and O–H groups in total. The van der Waals surface area contributed by atoms with Crippen LogP contribution < -0.4 is 26.3 Å². The lowest BCUT2D eigenvalue weighted by atomic mass is 9.94. The molecule has 4 amide bonds. The standard InChI is InChI=1S/C45H58N4O6Si/c1-7-45(6)43(54)47-37(31-33-21-12-8-13-22-33)42(53)49-30-20-28-38(49)41(52)46-36(40(51)48-45)27-18-11-19-29-39(50)32(2)55-56(44(3,4)5,34-23-14-9-15-24-34)35-25-16-10-17-26-35/h8-17,19,21-26,32,36-38H,7,18,20,27-31H2,1-6H3,(H,46,52)(H,47,54)(H,48,51)/t32-,36+,37+,38-,45+/m1/s1. The van der Waals surface area contributed by atoms with Crippen LogP contribution in [0.25, 0.3) is 0 Å². The van der Waals surface area contributed by atoms with Gasteiger partial charge in [-0.3, -0.25) is 24.0 Å². The lowest BCUT2D eigenvalue weighted by Gasteiger charge is -2.44. The molecule has 3 aromatic rings. The fraction of sp³-hybridized carbons (Fsp3) is 0.444. The van der Waals surface area contributed by atoms with E-state index < -0.39 is 55.8 Å². The van der Waals surface area contributed by atoms with Gasteiger partial charge in [0, 0.05) is 19.4 Å². The van der Waals surface area contributed by atoms with Gasteiger partial charge in [-0.25, -0.2) is 0 Å². The van der Waals surface area contributed by atoms with Gasteiger partial charge in [-0.1, -0.05) is 131 Å². The summed E-state index contributed by atoms with van der Waals surface area (Å²) in [6.45, 7) is 12.2. The normalized spacial score (nSPS) is 23.0. The first kappa shape index (κ1) is 42.3. The quantitative estimate of drug-likeness (QED) is 0.170. The molecule has 3 aromatic carbocycles. The Kier molecular flexibility index (Phi) is 13.9. The van der Waals surface area contributed by atoms with Crippen LogP contribution in [0.3, 0.4) is 0 Å². The van der Waals surface area contributed by atoms with E-state index in [0.29, 0.717) is 25.8 Å². The molecule has 5 rings (SSSR count). The number of carbonyl (C=O) groups excluding carboxylic acids is 5. The van der Waals surface area contributed by atoms with E-state index in [2.05, 4.69) is 61.0 Å². The zero-order valence-corrected chi connectivity index (χ0v) is 34.7. The van der Waals surface area contributed by atoms with Crippen molar-refractivity contribution in [3.05, 3.63) is 109 Å². The minimum absolute atomic E-state index is 0.0624. The average Bonchev–Trinajstić information content (AvgIpc) is 3.69. The van der Waals surface area contributed by atoms with Crippen molar-refractivity contribution in [3.8, 4) is 0 Å². The number of nitrogens with zero attached hydrogens (tertiary/aromatic N) is 1. The highest BCUT2D eigenvalue weighted by Gasteiger charge is 2.51. The van der Waals surface area contributed by atoms with Gasteiger partial charge in [-0.15, -0.1) is 0 Å². The molecule has 0 bridgehead atoms. The topological polar surface area (TPSA) is 134 Å². The molecule has 2 aliphatic heterocycles. The monoisotopic (exact) mass is 778 g/mol. The highest BCUT2D eigenvalue weighted by atomic mass is 28.4. The first-order chi connectivity index (χ1) is 26.7. The molecule has 5 atom stereocenters. The van der Waals surface area contributed by atoms with E-state index in [4.69, 9.17) is 4.43 Å². The fourth-order valence-electron chi connectivity index (χ4n) is 7.84. The summed E-state index contributed by atoms with van der Waals surface area (Å²) in [7, 11) is -2.93. The molecule has 0 saturated carbocycles. The maximum Gasteiger partial charge on any atom is 0.262 e. The van der Waals surface area contributed by atoms with E-state index >= 15 is 0 Å². The van der Waals surface area contributed by atoms with Gasteiger partial charge in [-0.05, 0) is 66.9 Å². The Labute approximate surface area is 333 Å². The minimum Gasteiger partial charge on any atom is -0.398 e. The van der Waals surface area contributed by atoms with Crippen LogP contribution in [-0.4, -0.2) is 78.9 Å². The average molecular weight is 779 g/mol. The number of allylic oxidation sites excluding steroid dienone is 2. The molecule has 56 heavy (non-hydrogen) atoms. The lowest BCUT2D eigenvalue weighted by molar-refractivity contribution is -0.144. The van der Waals surface area contributed by atoms with Crippen LogP contribution in [0.4, 0.5) is 0 Å². The summed E-state index contributed by atoms with van der Waals surface area (Å²) in [6.07, 6.45) is 5.32. The Hall–Kier alpha value is -4.87. The number of hydrogen-bond acceptors (Lipinski definition) is 6. The van der Waals surface area contributed by atoms with Crippen molar-refractivity contribution in [2.24, 2.45) is 0 Å². The van der Waals surface area contributed by atoms with Gasteiger partial charge in [0.15, 0.2) is 5.78 Å². The van der Waals surface area contributed by atoms with Crippen molar-refractivity contribution in [1.82, 2.24) is 20.9 Å². The SMILES string of the molecule is CC[C@]1(C)NC(=O)[C@H](CCC=CCC(=O)[C@@H](C)O[Si](c2ccccc2)(c2ccccc2)C(C)(C)C)NC(=O)[C@H]2CCCN2C(=O)[C@H](Cc2ccccc2)NC1=O. The first-order valence-electron chi connectivity index (χ1n) is 19.9. The third kappa shape index (κ3) is 9.56. The van der Waals surface area contributed by atoms with Crippen molar-refractivity contribution in [1.29, 1.82) is 0 Å². The van der Waals surface area contributed by atoms with E-state index in [-0.39, 0.29) is 42.4 Å². The van der Waals surface area contributed by atoms with Crippen LogP contribution in [0.2, 0.25) is 5.04 Å². The Morgan fingerprint density at radius 2 is 1.46 bits per heavy atom. The molecule has 11 heteroatoms. The minimum atomic E-state index is -2.93. The van der Waals surface area contributed by atoms with Crippen LogP contribution in [0.15, 0.2) is 103 Å². The third-order valence-electron chi connectivity index (χ3n) is 11.3. The fourth-order valence-corrected chi connectivity index (χ4v) is 12.5. The van der Waals surface area contributed by atoms with Gasteiger partial charge in [0.05, 0.1) is 0 Å². The van der Waals surface area contributed by atoms with E-state index in [1.165, 1.54) is 0 Å². The highest BCUT2D eigenvalue weighted by molar-refractivity contribution is 6.99. The summed E-state index contributed by atoms with van der Waals surface area (Å²) in [5, 5.41) is 10.7. The number of Topliss-reactive ketones (excluding diaryl/α,β-unsaturated/α-hetero) is 1. The summed E-state index contributed by atoms with van der Waals surface area (Å²) in [5.74, 6) is -1.72. The van der Waals surface area contributed by atoms with Gasteiger partial charge < -0.3 is 25.3 Å². The number of ketones is 1. The maximum absolute atomic E-state index is 14.0. The second kappa shape index (κ2) is 18.4. The molecule has 2 aliphatic rings. The van der Waals surface area contributed by atoms with E-state index in [0.717, 1.165) is 15.9 Å². The lowest BCUT2D eigenvalue weighted by Crippen LogP contribution is -2.68. The molecule has 0 unspecified atom stereocenters. The summed E-state index contributed by atoms with van der Waals surface area (Å²) in [4.78, 5) is 70.6. The molecule has 0 spiro atoms. The van der Waals surface area contributed by atoms with Crippen molar-refractivity contribution in [2.75, 3.05) is 6.54 Å². The van der Waals surface area contributed by atoms with Crippen LogP contribution >= 0.6 is 0 Å². The third-order valence-corrected chi connectivity index (χ3v) is 16.4. The number of amides is 4. The van der Waals surface area contributed by atoms with Crippen molar-refractivity contribution >= 4 is 48.1 Å². The van der Waals surface area contributed by atoms with Gasteiger partial charge in [0.25, 0.3) is 8.32 Å². The van der Waals surface area contributed by atoms with Crippen molar-refractivity contribution < 1.29 is 28.4 Å². The Bertz CT molecular complexity index is 1830. The van der Waals surface area contributed by atoms with Crippen LogP contribution in [0, 0.1) is 0 Å². The van der Waals surface area contributed by atoms with Crippen molar-refractivity contribution in [2.45, 2.75) is 121 Å². The summed E-state index contributed by atoms with van der Waals surface area (Å²) in [5.41, 5.74) is -0.459. The van der Waals surface area contributed by atoms with E-state index in [1.54, 1.807) is 24.8 Å². The zero-order valence-electron chi connectivity index (χ0n) is 33.7. The van der Waals surface area contributed by atoms with Gasteiger partial charge in [-0.2, -0.15) is 0 Å². The predicted molar refractivity (Wildman–Crippen MR) is 222 cm³/mol. The first-order valence-corrected chi connectivity index (χ1v) is 21.9. The molecule has 298 valence electrons.